The molecule has 0 radical (unpaired) electrons. The van der Waals surface area contributed by atoms with E-state index in [9.17, 15) is 4.79 Å². The van der Waals surface area contributed by atoms with Crippen molar-refractivity contribution in [2.75, 3.05) is 39.8 Å². The molecule has 4 nitrogen and oxygen atoms in total. The molecule has 1 aromatic carbocycles. The van der Waals surface area contributed by atoms with Crippen LogP contribution in [0, 0.1) is 0 Å². The Hall–Kier alpha value is -1.39. The molecular formula is C18H29N3O. The molecule has 1 unspecified atom stereocenters. The van der Waals surface area contributed by atoms with E-state index < -0.39 is 0 Å². The monoisotopic (exact) mass is 303 g/mol. The van der Waals surface area contributed by atoms with Crippen LogP contribution >= 0.6 is 0 Å². The molecule has 0 saturated carbocycles. The van der Waals surface area contributed by atoms with Crippen molar-refractivity contribution >= 4 is 5.91 Å². The van der Waals surface area contributed by atoms with Gasteiger partial charge >= 0.3 is 0 Å². The van der Waals surface area contributed by atoms with E-state index >= 15 is 0 Å². The second-order valence-electron chi connectivity index (χ2n) is 5.93. The average molecular weight is 303 g/mol. The van der Waals surface area contributed by atoms with Crippen LogP contribution in [-0.4, -0.2) is 61.5 Å². The highest BCUT2D eigenvalue weighted by atomic mass is 16.2. The van der Waals surface area contributed by atoms with Gasteiger partial charge in [-0.3, -0.25) is 9.69 Å². The first kappa shape index (κ1) is 17.0. The number of hydrogen-bond donors (Lipinski definition) is 1. The van der Waals surface area contributed by atoms with Crippen LogP contribution in [0.3, 0.4) is 0 Å². The standard InChI is InChI=1S/C18H29N3O/c1-4-20(5-2)16-11-13-21(14-16)18(22)17-9-7-6-8-15(17)10-12-19-3/h6-9,16,19H,4-5,10-14H2,1-3H3. The fourth-order valence-electron chi connectivity index (χ4n) is 3.34. The molecule has 22 heavy (non-hydrogen) atoms. The fourth-order valence-corrected chi connectivity index (χ4v) is 3.34. The van der Waals surface area contributed by atoms with Crippen LogP contribution in [0.4, 0.5) is 0 Å². The number of likely N-dealkylation sites (N-methyl/N-ethyl adjacent to an activating group) is 2. The van der Waals surface area contributed by atoms with Gasteiger partial charge in [-0.2, -0.15) is 0 Å². The minimum atomic E-state index is 0.196. The molecule has 0 aromatic heterocycles. The number of rotatable bonds is 7. The summed E-state index contributed by atoms with van der Waals surface area (Å²) < 4.78 is 0. The molecule has 0 spiro atoms. The van der Waals surface area contributed by atoms with E-state index in [1.165, 1.54) is 0 Å². The van der Waals surface area contributed by atoms with Crippen molar-refractivity contribution in [2.45, 2.75) is 32.7 Å². The zero-order valence-corrected chi connectivity index (χ0v) is 14.1. The average Bonchev–Trinajstić information content (AvgIpc) is 3.03. The normalized spacial score (nSPS) is 18.2. The van der Waals surface area contributed by atoms with Gasteiger partial charge in [-0.15, -0.1) is 0 Å². The number of amides is 1. The zero-order chi connectivity index (χ0) is 15.9. The van der Waals surface area contributed by atoms with E-state index in [-0.39, 0.29) is 5.91 Å². The molecule has 1 amide bonds. The maximum atomic E-state index is 12.9. The van der Waals surface area contributed by atoms with Gasteiger partial charge in [-0.1, -0.05) is 32.0 Å². The lowest BCUT2D eigenvalue weighted by Gasteiger charge is -2.26. The Morgan fingerprint density at radius 2 is 2.05 bits per heavy atom. The van der Waals surface area contributed by atoms with Gasteiger partial charge in [0, 0.05) is 24.7 Å². The smallest absolute Gasteiger partial charge is 0.254 e. The lowest BCUT2D eigenvalue weighted by Crippen LogP contribution is -2.38. The van der Waals surface area contributed by atoms with Gasteiger partial charge in [-0.05, 0) is 51.2 Å². The Morgan fingerprint density at radius 3 is 2.73 bits per heavy atom. The lowest BCUT2D eigenvalue weighted by molar-refractivity contribution is 0.0777. The van der Waals surface area contributed by atoms with Crippen LogP contribution in [0.1, 0.15) is 36.2 Å². The zero-order valence-electron chi connectivity index (χ0n) is 14.1. The third kappa shape index (κ3) is 3.87. The number of carbonyl (C=O) groups excluding carboxylic acids is 1. The first-order valence-corrected chi connectivity index (χ1v) is 8.47. The third-order valence-corrected chi connectivity index (χ3v) is 4.67. The number of likely N-dealkylation sites (tertiary alicyclic amines) is 1. The number of carbonyl (C=O) groups is 1. The Balaban J connectivity index is 2.06. The molecule has 1 aromatic rings. The van der Waals surface area contributed by atoms with Crippen molar-refractivity contribution in [3.8, 4) is 0 Å². The quantitative estimate of drug-likeness (QED) is 0.837. The molecular weight excluding hydrogens is 274 g/mol. The molecule has 1 heterocycles. The van der Waals surface area contributed by atoms with E-state index in [0.717, 1.165) is 56.7 Å². The van der Waals surface area contributed by atoms with Crippen molar-refractivity contribution < 1.29 is 4.79 Å². The summed E-state index contributed by atoms with van der Waals surface area (Å²) in [6.45, 7) is 9.14. The van der Waals surface area contributed by atoms with Crippen LogP contribution < -0.4 is 5.32 Å². The molecule has 0 aliphatic carbocycles. The van der Waals surface area contributed by atoms with Gasteiger partial charge in [0.25, 0.3) is 5.91 Å². The lowest BCUT2D eigenvalue weighted by atomic mass is 10.0. The van der Waals surface area contributed by atoms with Crippen molar-refractivity contribution in [1.29, 1.82) is 0 Å². The first-order chi connectivity index (χ1) is 10.7. The van der Waals surface area contributed by atoms with Gasteiger partial charge in [0.1, 0.15) is 0 Å². The van der Waals surface area contributed by atoms with Crippen LogP contribution in [0.2, 0.25) is 0 Å². The minimum Gasteiger partial charge on any atom is -0.337 e. The second-order valence-corrected chi connectivity index (χ2v) is 5.93. The Labute approximate surface area is 134 Å². The van der Waals surface area contributed by atoms with Crippen LogP contribution in [0.5, 0.6) is 0 Å². The molecule has 1 saturated heterocycles. The molecule has 4 heteroatoms. The topological polar surface area (TPSA) is 35.6 Å². The summed E-state index contributed by atoms with van der Waals surface area (Å²) in [5.41, 5.74) is 2.02. The predicted octanol–water partition coefficient (Wildman–Crippen LogP) is 2.00. The van der Waals surface area contributed by atoms with E-state index in [1.54, 1.807) is 0 Å². The molecule has 1 aliphatic heterocycles. The maximum Gasteiger partial charge on any atom is 0.254 e. The van der Waals surface area contributed by atoms with Gasteiger partial charge in [0.05, 0.1) is 0 Å². The second kappa shape index (κ2) is 8.30. The van der Waals surface area contributed by atoms with Crippen LogP contribution in [-0.2, 0) is 6.42 Å². The van der Waals surface area contributed by atoms with Crippen LogP contribution in [0.25, 0.3) is 0 Å². The van der Waals surface area contributed by atoms with Gasteiger partial charge < -0.3 is 10.2 Å². The SMILES string of the molecule is CCN(CC)C1CCN(C(=O)c2ccccc2CCNC)C1. The van der Waals surface area contributed by atoms with Crippen LogP contribution in [0.15, 0.2) is 24.3 Å². The van der Waals surface area contributed by atoms with Crippen molar-refractivity contribution in [2.24, 2.45) is 0 Å². The van der Waals surface area contributed by atoms with Crippen molar-refractivity contribution in [3.05, 3.63) is 35.4 Å². The maximum absolute atomic E-state index is 12.9. The highest BCUT2D eigenvalue weighted by Crippen LogP contribution is 2.20. The van der Waals surface area contributed by atoms with Gasteiger partial charge in [0.15, 0.2) is 0 Å². The summed E-state index contributed by atoms with van der Waals surface area (Å²) in [5.74, 6) is 0.196. The summed E-state index contributed by atoms with van der Waals surface area (Å²) >= 11 is 0. The van der Waals surface area contributed by atoms with Gasteiger partial charge in [0.2, 0.25) is 0 Å². The van der Waals surface area contributed by atoms with Crippen molar-refractivity contribution in [3.63, 3.8) is 0 Å². The van der Waals surface area contributed by atoms with Gasteiger partial charge in [-0.25, -0.2) is 0 Å². The molecule has 1 fully saturated rings. The molecule has 1 N–H and O–H groups in total. The summed E-state index contributed by atoms with van der Waals surface area (Å²) in [6.07, 6.45) is 1.98. The highest BCUT2D eigenvalue weighted by molar-refractivity contribution is 5.96. The first-order valence-electron chi connectivity index (χ1n) is 8.47. The highest BCUT2D eigenvalue weighted by Gasteiger charge is 2.30. The number of benzene rings is 1. The Morgan fingerprint density at radius 1 is 1.32 bits per heavy atom. The number of nitrogens with zero attached hydrogens (tertiary/aromatic N) is 2. The van der Waals surface area contributed by atoms with E-state index in [2.05, 4.69) is 30.1 Å². The molecule has 0 bridgehead atoms. The Kier molecular flexibility index (Phi) is 6.40. The molecule has 122 valence electrons. The van der Waals surface area contributed by atoms with Crippen molar-refractivity contribution in [1.82, 2.24) is 15.1 Å². The summed E-state index contributed by atoms with van der Waals surface area (Å²) in [5, 5.41) is 3.16. The van der Waals surface area contributed by atoms with E-state index in [1.807, 2.05) is 30.1 Å². The molecule has 2 rings (SSSR count). The van der Waals surface area contributed by atoms with E-state index in [4.69, 9.17) is 0 Å². The summed E-state index contributed by atoms with van der Waals surface area (Å²) in [7, 11) is 1.94. The molecule has 1 aliphatic rings. The summed E-state index contributed by atoms with van der Waals surface area (Å²) in [4.78, 5) is 17.4. The predicted molar refractivity (Wildman–Crippen MR) is 91.3 cm³/mol. The number of hydrogen-bond acceptors (Lipinski definition) is 3. The fraction of sp³-hybridized carbons (Fsp3) is 0.611. The largest absolute Gasteiger partial charge is 0.337 e. The van der Waals surface area contributed by atoms with E-state index in [0.29, 0.717) is 6.04 Å². The summed E-state index contributed by atoms with van der Waals surface area (Å²) in [6, 6.07) is 8.54. The number of nitrogens with one attached hydrogen (secondary N) is 1. The molecule has 1 atom stereocenters. The Bertz CT molecular complexity index is 485. The third-order valence-electron chi connectivity index (χ3n) is 4.67. The minimum absolute atomic E-state index is 0.196.